The average molecular weight is 451 g/mol. The summed E-state index contributed by atoms with van der Waals surface area (Å²) in [5.74, 6) is 0.663. The summed E-state index contributed by atoms with van der Waals surface area (Å²) in [5, 5.41) is 21.7. The summed E-state index contributed by atoms with van der Waals surface area (Å²) in [6, 6.07) is 5.57. The van der Waals surface area contributed by atoms with E-state index in [4.69, 9.17) is 22.1 Å². The van der Waals surface area contributed by atoms with E-state index >= 15 is 0 Å². The molecule has 5 rings (SSSR count). The first-order chi connectivity index (χ1) is 14.0. The van der Waals surface area contributed by atoms with Crippen LogP contribution in [0.4, 0.5) is 5.82 Å². The van der Waals surface area contributed by atoms with Gasteiger partial charge in [-0.3, -0.25) is 4.57 Å². The number of aliphatic hydroxyl groups is 2. The zero-order valence-corrected chi connectivity index (χ0v) is 17.1. The molecule has 4 aromatic rings. The molecule has 4 heterocycles. The normalized spacial score (nSPS) is 24.7. The van der Waals surface area contributed by atoms with Crippen LogP contribution in [-0.2, 0) is 4.74 Å². The molecule has 0 spiro atoms. The van der Waals surface area contributed by atoms with E-state index in [0.717, 1.165) is 14.6 Å². The van der Waals surface area contributed by atoms with Crippen molar-refractivity contribution < 1.29 is 14.9 Å². The highest BCUT2D eigenvalue weighted by Crippen LogP contribution is 2.36. The standard InChI is InChI=1S/C17H15ClN6O3S2/c18-7-1-2-10-8(3-7)23-17(29-10)28-4-9-12(25)13(26)16(27-9)24-6-22-11-14(19)20-5-21-15(11)24/h1-3,5-6,9,12-13,16,25-26H,4H2,(H2,19,20,21)/t9-,12-,13-,16-/m1/s1. The second-order valence-corrected chi connectivity index (χ2v) is 9.27. The lowest BCUT2D eigenvalue weighted by atomic mass is 10.1. The summed E-state index contributed by atoms with van der Waals surface area (Å²) in [7, 11) is 0. The van der Waals surface area contributed by atoms with Gasteiger partial charge in [0.1, 0.15) is 24.1 Å². The molecule has 150 valence electrons. The van der Waals surface area contributed by atoms with Gasteiger partial charge >= 0.3 is 0 Å². The second kappa shape index (κ2) is 7.35. The number of anilines is 1. The topological polar surface area (TPSA) is 132 Å². The number of fused-ring (bicyclic) bond motifs is 2. The highest BCUT2D eigenvalue weighted by molar-refractivity contribution is 8.01. The van der Waals surface area contributed by atoms with Gasteiger partial charge in [0.05, 0.1) is 22.6 Å². The van der Waals surface area contributed by atoms with E-state index in [1.54, 1.807) is 15.9 Å². The molecule has 1 aromatic carbocycles. The van der Waals surface area contributed by atoms with E-state index in [-0.39, 0.29) is 5.82 Å². The van der Waals surface area contributed by atoms with Crippen LogP contribution in [0.1, 0.15) is 6.23 Å². The molecule has 0 amide bonds. The Balaban J connectivity index is 1.34. The molecule has 1 aliphatic rings. The summed E-state index contributed by atoms with van der Waals surface area (Å²) in [4.78, 5) is 16.8. The third-order valence-corrected chi connectivity index (χ3v) is 7.20. The predicted molar refractivity (Wildman–Crippen MR) is 111 cm³/mol. The summed E-state index contributed by atoms with van der Waals surface area (Å²) in [6.45, 7) is 0. The van der Waals surface area contributed by atoms with Crippen LogP contribution >= 0.6 is 34.7 Å². The molecular formula is C17H15ClN6O3S2. The first-order valence-electron chi connectivity index (χ1n) is 8.65. The number of halogens is 1. The summed E-state index contributed by atoms with van der Waals surface area (Å²) < 4.78 is 9.38. The van der Waals surface area contributed by atoms with Gasteiger partial charge in [-0.05, 0) is 18.2 Å². The number of aromatic nitrogens is 5. The van der Waals surface area contributed by atoms with Crippen molar-refractivity contribution in [3.63, 3.8) is 0 Å². The van der Waals surface area contributed by atoms with Crippen molar-refractivity contribution >= 4 is 61.9 Å². The molecule has 4 atom stereocenters. The monoisotopic (exact) mass is 450 g/mol. The predicted octanol–water partition coefficient (Wildman–Crippen LogP) is 2.08. The van der Waals surface area contributed by atoms with Crippen molar-refractivity contribution in [2.24, 2.45) is 0 Å². The lowest BCUT2D eigenvalue weighted by molar-refractivity contribution is -0.0289. The zero-order chi connectivity index (χ0) is 20.1. The molecule has 12 heteroatoms. The number of hydrogen-bond donors (Lipinski definition) is 3. The minimum absolute atomic E-state index is 0.241. The molecule has 0 radical (unpaired) electrons. The summed E-state index contributed by atoms with van der Waals surface area (Å²) in [5.41, 5.74) is 7.50. The number of hydrogen-bond acceptors (Lipinski definition) is 10. The molecule has 9 nitrogen and oxygen atoms in total. The lowest BCUT2D eigenvalue weighted by Gasteiger charge is -2.16. The Morgan fingerprint density at radius 2 is 2.10 bits per heavy atom. The Labute approximate surface area is 177 Å². The highest BCUT2D eigenvalue weighted by atomic mass is 35.5. The van der Waals surface area contributed by atoms with Crippen molar-refractivity contribution in [3.05, 3.63) is 35.9 Å². The van der Waals surface area contributed by atoms with Crippen molar-refractivity contribution in [2.45, 2.75) is 28.9 Å². The fourth-order valence-electron chi connectivity index (χ4n) is 3.25. The van der Waals surface area contributed by atoms with Crippen LogP contribution in [0, 0.1) is 0 Å². The van der Waals surface area contributed by atoms with Gasteiger partial charge in [-0.1, -0.05) is 23.4 Å². The van der Waals surface area contributed by atoms with Crippen molar-refractivity contribution in [1.82, 2.24) is 24.5 Å². The van der Waals surface area contributed by atoms with Crippen LogP contribution in [-0.4, -0.2) is 58.8 Å². The van der Waals surface area contributed by atoms with Gasteiger partial charge in [-0.2, -0.15) is 0 Å². The molecule has 1 aliphatic heterocycles. The number of nitrogens with two attached hydrogens (primary N) is 1. The molecule has 3 aromatic heterocycles. The number of aliphatic hydroxyl groups excluding tert-OH is 2. The van der Waals surface area contributed by atoms with E-state index in [9.17, 15) is 10.2 Å². The molecule has 0 unspecified atom stereocenters. The van der Waals surface area contributed by atoms with Gasteiger partial charge in [0.15, 0.2) is 22.0 Å². The fraction of sp³-hybridized carbons (Fsp3) is 0.294. The molecule has 4 N–H and O–H groups in total. The highest BCUT2D eigenvalue weighted by Gasteiger charge is 2.44. The SMILES string of the molecule is Nc1ncnc2c1ncn2[C@@H]1O[C@H](CSc2nc3cc(Cl)ccc3s2)[C@@H](O)[C@H]1O. The van der Waals surface area contributed by atoms with E-state index in [2.05, 4.69) is 19.9 Å². The second-order valence-electron chi connectivity index (χ2n) is 6.53. The molecule has 1 fully saturated rings. The number of ether oxygens (including phenoxy) is 1. The Hall–Kier alpha value is -2.02. The van der Waals surface area contributed by atoms with Crippen LogP contribution in [0.3, 0.4) is 0 Å². The largest absolute Gasteiger partial charge is 0.387 e. The smallest absolute Gasteiger partial charge is 0.167 e. The summed E-state index contributed by atoms with van der Waals surface area (Å²) in [6.07, 6.45) is -0.823. The van der Waals surface area contributed by atoms with E-state index in [1.165, 1.54) is 24.4 Å². The van der Waals surface area contributed by atoms with Gasteiger partial charge in [0.2, 0.25) is 0 Å². The fourth-order valence-corrected chi connectivity index (χ4v) is 5.55. The van der Waals surface area contributed by atoms with Crippen LogP contribution < -0.4 is 5.73 Å². The molecular weight excluding hydrogens is 436 g/mol. The third kappa shape index (κ3) is 3.33. The van der Waals surface area contributed by atoms with Gasteiger partial charge in [-0.15, -0.1) is 11.3 Å². The number of thiazole rings is 1. The van der Waals surface area contributed by atoms with E-state index in [1.807, 2.05) is 18.2 Å². The zero-order valence-electron chi connectivity index (χ0n) is 14.7. The minimum atomic E-state index is -1.14. The maximum atomic E-state index is 10.5. The lowest BCUT2D eigenvalue weighted by Crippen LogP contribution is -2.32. The maximum Gasteiger partial charge on any atom is 0.167 e. The van der Waals surface area contributed by atoms with Crippen LogP contribution in [0.5, 0.6) is 0 Å². The number of thioether (sulfide) groups is 1. The Morgan fingerprint density at radius 3 is 2.97 bits per heavy atom. The third-order valence-electron chi connectivity index (χ3n) is 4.70. The number of benzene rings is 1. The number of nitrogen functional groups attached to an aromatic ring is 1. The quantitative estimate of drug-likeness (QED) is 0.399. The average Bonchev–Trinajstić information content (AvgIpc) is 3.38. The van der Waals surface area contributed by atoms with Gasteiger partial charge in [0, 0.05) is 10.8 Å². The van der Waals surface area contributed by atoms with E-state index < -0.39 is 24.5 Å². The van der Waals surface area contributed by atoms with Crippen LogP contribution in [0.25, 0.3) is 21.4 Å². The molecule has 0 bridgehead atoms. The van der Waals surface area contributed by atoms with Gasteiger partial charge < -0.3 is 20.7 Å². The summed E-state index contributed by atoms with van der Waals surface area (Å²) >= 11 is 9.01. The number of nitrogens with zero attached hydrogens (tertiary/aromatic N) is 5. The first-order valence-corrected chi connectivity index (χ1v) is 10.8. The van der Waals surface area contributed by atoms with Gasteiger partial charge in [-0.25, -0.2) is 19.9 Å². The minimum Gasteiger partial charge on any atom is -0.387 e. The molecule has 29 heavy (non-hydrogen) atoms. The van der Waals surface area contributed by atoms with Crippen molar-refractivity contribution in [3.8, 4) is 0 Å². The first kappa shape index (κ1) is 19.0. The Bertz CT molecular complexity index is 1200. The van der Waals surface area contributed by atoms with Crippen LogP contribution in [0.15, 0.2) is 35.2 Å². The van der Waals surface area contributed by atoms with E-state index in [0.29, 0.717) is 21.9 Å². The maximum absolute atomic E-state index is 10.5. The van der Waals surface area contributed by atoms with Crippen molar-refractivity contribution in [2.75, 3.05) is 11.5 Å². The molecule has 0 saturated carbocycles. The number of rotatable bonds is 4. The van der Waals surface area contributed by atoms with Crippen molar-refractivity contribution in [1.29, 1.82) is 0 Å². The Kier molecular flexibility index (Phi) is 4.81. The van der Waals surface area contributed by atoms with Crippen LogP contribution in [0.2, 0.25) is 5.02 Å². The van der Waals surface area contributed by atoms with Gasteiger partial charge in [0.25, 0.3) is 0 Å². The number of imidazole rings is 1. The molecule has 1 saturated heterocycles. The molecule has 0 aliphatic carbocycles. The Morgan fingerprint density at radius 1 is 1.24 bits per heavy atom.